The minimum atomic E-state index is 0.344. The number of halogens is 1. The standard InChI is InChI=1S/C4HBrN3/c5-4-1-3(2-6)7-8-4/h1H. The van der Waals surface area contributed by atoms with Crippen molar-refractivity contribution in [3.05, 3.63) is 10.7 Å². The lowest BCUT2D eigenvalue weighted by Crippen LogP contribution is -1.82. The van der Waals surface area contributed by atoms with Gasteiger partial charge in [0, 0.05) is 6.08 Å². The summed E-state index contributed by atoms with van der Waals surface area (Å²) in [6.45, 7) is 0. The van der Waals surface area contributed by atoms with Gasteiger partial charge < -0.3 is 0 Å². The highest BCUT2D eigenvalue weighted by Crippen LogP contribution is 2.07. The van der Waals surface area contributed by atoms with Gasteiger partial charge in [-0.3, -0.25) is 0 Å². The van der Waals surface area contributed by atoms with Crippen molar-refractivity contribution in [1.29, 1.82) is 5.26 Å². The molecule has 0 atom stereocenters. The van der Waals surface area contributed by atoms with E-state index in [0.29, 0.717) is 10.3 Å². The molecule has 0 aliphatic carbocycles. The monoisotopic (exact) mass is 170 g/mol. The molecule has 1 aliphatic rings. The van der Waals surface area contributed by atoms with Crippen LogP contribution >= 0.6 is 15.9 Å². The van der Waals surface area contributed by atoms with Crippen molar-refractivity contribution >= 4 is 21.6 Å². The first kappa shape index (κ1) is 5.32. The summed E-state index contributed by atoms with van der Waals surface area (Å²) in [4.78, 5) is 0. The van der Waals surface area contributed by atoms with Crippen LogP contribution in [0, 0.1) is 11.3 Å². The molecule has 0 aromatic carbocycles. The Bertz CT molecular complexity index is 198. The van der Waals surface area contributed by atoms with Crippen LogP contribution in [0.5, 0.6) is 0 Å². The van der Waals surface area contributed by atoms with Gasteiger partial charge in [-0.15, -0.1) is 10.5 Å². The highest BCUT2D eigenvalue weighted by atomic mass is 79.9. The maximum absolute atomic E-state index is 8.18. The molecule has 0 fully saturated rings. The fourth-order valence-corrected chi connectivity index (χ4v) is 0.623. The van der Waals surface area contributed by atoms with Gasteiger partial charge in [0.15, 0.2) is 5.71 Å². The largest absolute Gasteiger partial charge is 0.191 e. The number of nitriles is 1. The summed E-state index contributed by atoms with van der Waals surface area (Å²) >= 11 is 3.05. The van der Waals surface area contributed by atoms with Crippen LogP contribution in [0.25, 0.3) is 0 Å². The Kier molecular flexibility index (Phi) is 1.31. The lowest BCUT2D eigenvalue weighted by molar-refractivity contribution is 0.961. The molecule has 8 heavy (non-hydrogen) atoms. The molecule has 1 heterocycles. The Hall–Kier alpha value is -0.820. The molecule has 0 saturated carbocycles. The molecule has 0 saturated heterocycles. The van der Waals surface area contributed by atoms with Crippen LogP contribution in [0.3, 0.4) is 0 Å². The van der Waals surface area contributed by atoms with E-state index in [1.807, 2.05) is 6.07 Å². The summed E-state index contributed by atoms with van der Waals surface area (Å²) < 4.78 is 0.606. The van der Waals surface area contributed by atoms with Crippen molar-refractivity contribution in [3.8, 4) is 6.07 Å². The van der Waals surface area contributed by atoms with Crippen LogP contribution < -0.4 is 5.43 Å². The van der Waals surface area contributed by atoms with E-state index in [-0.39, 0.29) is 0 Å². The molecule has 0 aromatic heterocycles. The third kappa shape index (κ3) is 0.873. The first-order valence-corrected chi connectivity index (χ1v) is 2.68. The summed E-state index contributed by atoms with van der Waals surface area (Å²) in [6.07, 6.45) is 1.56. The molecule has 39 valence electrons. The molecular weight excluding hydrogens is 170 g/mol. The second kappa shape index (κ2) is 1.97. The zero-order valence-corrected chi connectivity index (χ0v) is 5.38. The van der Waals surface area contributed by atoms with E-state index < -0.39 is 0 Å². The Morgan fingerprint density at radius 3 is 2.75 bits per heavy atom. The molecule has 1 rings (SSSR count). The fraction of sp³-hybridized carbons (Fsp3) is 0. The van der Waals surface area contributed by atoms with Crippen LogP contribution in [-0.2, 0) is 0 Å². The van der Waals surface area contributed by atoms with Crippen molar-refractivity contribution in [1.82, 2.24) is 5.43 Å². The zero-order chi connectivity index (χ0) is 5.98. The van der Waals surface area contributed by atoms with Gasteiger partial charge in [0.05, 0.1) is 0 Å². The van der Waals surface area contributed by atoms with Gasteiger partial charge in [0.25, 0.3) is 0 Å². The van der Waals surface area contributed by atoms with Gasteiger partial charge in [-0.25, -0.2) is 0 Å². The van der Waals surface area contributed by atoms with E-state index in [1.165, 1.54) is 0 Å². The maximum Gasteiger partial charge on any atom is 0.165 e. The molecule has 4 heteroatoms. The maximum atomic E-state index is 8.18. The zero-order valence-electron chi connectivity index (χ0n) is 3.80. The predicted octanol–water partition coefficient (Wildman–Crippen LogP) is 0.720. The lowest BCUT2D eigenvalue weighted by Gasteiger charge is -1.75. The van der Waals surface area contributed by atoms with Gasteiger partial charge in [-0.05, 0) is 15.9 Å². The van der Waals surface area contributed by atoms with Crippen molar-refractivity contribution in [2.45, 2.75) is 0 Å². The average molecular weight is 171 g/mol. The number of hydrogen-bond acceptors (Lipinski definition) is 2. The molecule has 0 bridgehead atoms. The average Bonchev–Trinajstić information content (AvgIpc) is 2.14. The van der Waals surface area contributed by atoms with Gasteiger partial charge in [-0.1, -0.05) is 0 Å². The van der Waals surface area contributed by atoms with Gasteiger partial charge in [-0.2, -0.15) is 5.26 Å². The summed E-state index contributed by atoms with van der Waals surface area (Å²) in [6, 6.07) is 1.84. The Balaban J connectivity index is 2.77. The van der Waals surface area contributed by atoms with Crippen LogP contribution in [0.1, 0.15) is 0 Å². The van der Waals surface area contributed by atoms with E-state index in [9.17, 15) is 0 Å². The second-order valence-electron chi connectivity index (χ2n) is 1.16. The van der Waals surface area contributed by atoms with Gasteiger partial charge >= 0.3 is 0 Å². The third-order valence-electron chi connectivity index (χ3n) is 0.624. The molecule has 3 nitrogen and oxygen atoms in total. The van der Waals surface area contributed by atoms with Crippen LogP contribution in [0.4, 0.5) is 0 Å². The minimum absolute atomic E-state index is 0.344. The summed E-state index contributed by atoms with van der Waals surface area (Å²) in [5.74, 6) is 0. The first-order valence-electron chi connectivity index (χ1n) is 1.89. The van der Waals surface area contributed by atoms with Crippen LogP contribution in [-0.4, -0.2) is 5.71 Å². The normalized spacial score (nSPS) is 16.0. The summed E-state index contributed by atoms with van der Waals surface area (Å²) in [5.41, 5.74) is 3.88. The van der Waals surface area contributed by atoms with Gasteiger partial charge in [0.2, 0.25) is 0 Å². The van der Waals surface area contributed by atoms with Crippen molar-refractivity contribution in [3.63, 3.8) is 0 Å². The van der Waals surface area contributed by atoms with E-state index in [1.54, 1.807) is 6.08 Å². The van der Waals surface area contributed by atoms with E-state index in [2.05, 4.69) is 26.5 Å². The lowest BCUT2D eigenvalue weighted by atomic mass is 10.4. The third-order valence-corrected chi connectivity index (χ3v) is 1.01. The predicted molar refractivity (Wildman–Crippen MR) is 32.2 cm³/mol. The van der Waals surface area contributed by atoms with Crippen LogP contribution in [0.2, 0.25) is 0 Å². The Morgan fingerprint density at radius 1 is 1.75 bits per heavy atom. The molecule has 1 aliphatic heterocycles. The molecule has 0 unspecified atom stereocenters. The molecule has 0 spiro atoms. The number of rotatable bonds is 0. The highest BCUT2D eigenvalue weighted by molar-refractivity contribution is 9.11. The fourth-order valence-electron chi connectivity index (χ4n) is 0.327. The van der Waals surface area contributed by atoms with E-state index in [4.69, 9.17) is 5.26 Å². The van der Waals surface area contributed by atoms with Crippen LogP contribution in [0.15, 0.2) is 15.8 Å². The molecule has 0 aromatic rings. The van der Waals surface area contributed by atoms with Crippen molar-refractivity contribution in [2.75, 3.05) is 0 Å². The smallest absolute Gasteiger partial charge is 0.165 e. The Morgan fingerprint density at radius 2 is 2.50 bits per heavy atom. The number of allylic oxidation sites excluding steroid dienone is 1. The van der Waals surface area contributed by atoms with Gasteiger partial charge in [0.1, 0.15) is 10.7 Å². The molecule has 1 radical (unpaired) electrons. The summed E-state index contributed by atoms with van der Waals surface area (Å²) in [5, 5.41) is 11.7. The van der Waals surface area contributed by atoms with E-state index in [0.717, 1.165) is 0 Å². The highest BCUT2D eigenvalue weighted by Gasteiger charge is 2.03. The van der Waals surface area contributed by atoms with E-state index >= 15 is 0 Å². The number of nitrogens with zero attached hydrogens (tertiary/aromatic N) is 3. The molecular formula is C4HBrN3. The first-order chi connectivity index (χ1) is 3.83. The number of hydrogen-bond donors (Lipinski definition) is 0. The minimum Gasteiger partial charge on any atom is -0.191 e. The quantitative estimate of drug-likeness (QED) is 0.495. The van der Waals surface area contributed by atoms with Crippen molar-refractivity contribution in [2.24, 2.45) is 5.10 Å². The Labute approximate surface area is 54.8 Å². The molecule has 0 N–H and O–H groups in total. The van der Waals surface area contributed by atoms with Crippen molar-refractivity contribution < 1.29 is 0 Å². The molecule has 0 amide bonds. The second-order valence-corrected chi connectivity index (χ2v) is 1.98. The SMILES string of the molecule is N#CC1=N[N]C(Br)=C1. The summed E-state index contributed by atoms with van der Waals surface area (Å²) in [7, 11) is 0. The topological polar surface area (TPSA) is 50.2 Å².